The standard InChI is InChI=1S/C40H51F4N5O10S/c1-21-10-8-9-11-23-18-39(23,35(52)48-60(54,55)38(5)12-13-38)47-32(50)28-15-24(58-33-26-16-27(41)29(56-6)17-25(26)30(57-7)19-45-33)20-49(28)34(51)31(22(2)14-21)46-36(53)59-37(3,4)40(42,43)44/h9,11,16-17,19,21-24,28,31H,8,10,12-15,18,20H2,1-7H3,(H,46,53)(H,47,50)(H,48,52)/t21-,22-,23-,24-,28+,31+,39-/m1/s1. The molecule has 4 amide bonds. The summed E-state index contributed by atoms with van der Waals surface area (Å²) in [5.74, 6) is -4.68. The third-order valence-electron chi connectivity index (χ3n) is 12.1. The van der Waals surface area contributed by atoms with Crippen molar-refractivity contribution >= 4 is 44.6 Å². The number of hydrogen-bond donors (Lipinski definition) is 3. The number of carbonyl (C=O) groups excluding carboxylic acids is 4. The van der Waals surface area contributed by atoms with Gasteiger partial charge in [0.05, 0.1) is 37.1 Å². The van der Waals surface area contributed by atoms with Crippen LogP contribution in [0.15, 0.2) is 30.5 Å². The minimum Gasteiger partial charge on any atom is -0.494 e. The molecule has 1 saturated heterocycles. The zero-order valence-electron chi connectivity index (χ0n) is 34.4. The molecule has 3 N–H and O–H groups in total. The Morgan fingerprint density at radius 1 is 1.03 bits per heavy atom. The fraction of sp³-hybridized carbons (Fsp3) is 0.625. The lowest BCUT2D eigenvalue weighted by Gasteiger charge is -2.34. The Kier molecular flexibility index (Phi) is 12.1. The molecule has 2 saturated carbocycles. The highest BCUT2D eigenvalue weighted by Crippen LogP contribution is 2.48. The third kappa shape index (κ3) is 8.79. The van der Waals surface area contributed by atoms with Crippen molar-refractivity contribution in [1.29, 1.82) is 0 Å². The van der Waals surface area contributed by atoms with Gasteiger partial charge in [0.25, 0.3) is 5.91 Å². The predicted octanol–water partition coefficient (Wildman–Crippen LogP) is 5.06. The van der Waals surface area contributed by atoms with Crippen molar-refractivity contribution in [2.45, 2.75) is 120 Å². The molecule has 1 aromatic heterocycles. The molecule has 1 aromatic carbocycles. The first-order chi connectivity index (χ1) is 28.0. The van der Waals surface area contributed by atoms with Crippen LogP contribution in [0.3, 0.4) is 0 Å². The van der Waals surface area contributed by atoms with Gasteiger partial charge in [-0.25, -0.2) is 22.6 Å². The largest absolute Gasteiger partial charge is 0.494 e. The van der Waals surface area contributed by atoms with Crippen LogP contribution in [0, 0.1) is 23.6 Å². The Morgan fingerprint density at radius 2 is 1.72 bits per heavy atom. The molecule has 3 fully saturated rings. The van der Waals surface area contributed by atoms with E-state index in [2.05, 4.69) is 20.3 Å². The Morgan fingerprint density at radius 3 is 2.35 bits per heavy atom. The van der Waals surface area contributed by atoms with Crippen molar-refractivity contribution in [1.82, 2.24) is 25.2 Å². The molecule has 2 aliphatic carbocycles. The number of ether oxygens (including phenoxy) is 4. The highest BCUT2D eigenvalue weighted by Gasteiger charge is 2.63. The maximum absolute atomic E-state index is 15.1. The molecular formula is C40H51F4N5O10S. The van der Waals surface area contributed by atoms with Crippen molar-refractivity contribution in [3.63, 3.8) is 0 Å². The number of aromatic nitrogens is 1. The molecule has 0 bridgehead atoms. The summed E-state index contributed by atoms with van der Waals surface area (Å²) in [5, 5.41) is 5.62. The number of methoxy groups -OCH3 is 2. The predicted molar refractivity (Wildman–Crippen MR) is 208 cm³/mol. The molecule has 15 nitrogen and oxygen atoms in total. The van der Waals surface area contributed by atoms with Crippen molar-refractivity contribution < 1.29 is 64.1 Å². The maximum atomic E-state index is 15.1. The highest BCUT2D eigenvalue weighted by atomic mass is 32.2. The van der Waals surface area contributed by atoms with Gasteiger partial charge in [0, 0.05) is 17.7 Å². The molecule has 330 valence electrons. The summed E-state index contributed by atoms with van der Waals surface area (Å²) >= 11 is 0. The normalized spacial score (nSPS) is 28.3. The van der Waals surface area contributed by atoms with Gasteiger partial charge in [0.15, 0.2) is 11.6 Å². The van der Waals surface area contributed by atoms with Crippen LogP contribution >= 0.6 is 0 Å². The van der Waals surface area contributed by atoms with E-state index in [-0.39, 0.29) is 48.1 Å². The Bertz CT molecular complexity index is 2180. The summed E-state index contributed by atoms with van der Waals surface area (Å²) < 4.78 is 105. The fourth-order valence-corrected chi connectivity index (χ4v) is 9.12. The van der Waals surface area contributed by atoms with Crippen LogP contribution in [0.5, 0.6) is 17.4 Å². The van der Waals surface area contributed by atoms with E-state index >= 15 is 4.39 Å². The van der Waals surface area contributed by atoms with E-state index in [1.807, 2.05) is 13.0 Å². The van der Waals surface area contributed by atoms with E-state index in [0.29, 0.717) is 51.3 Å². The molecule has 6 rings (SSSR count). The number of hydrogen-bond acceptors (Lipinski definition) is 11. The second kappa shape index (κ2) is 16.2. The van der Waals surface area contributed by atoms with E-state index < -0.39 is 91.7 Å². The van der Waals surface area contributed by atoms with Gasteiger partial charge in [-0.05, 0) is 83.3 Å². The summed E-state index contributed by atoms with van der Waals surface area (Å²) in [7, 11) is -1.44. The van der Waals surface area contributed by atoms with E-state index in [0.717, 1.165) is 11.0 Å². The van der Waals surface area contributed by atoms with Crippen LogP contribution in [-0.4, -0.2) is 103 Å². The molecule has 60 heavy (non-hydrogen) atoms. The van der Waals surface area contributed by atoms with Crippen LogP contribution in [0.2, 0.25) is 0 Å². The number of nitrogens with one attached hydrogen (secondary N) is 3. The lowest BCUT2D eigenvalue weighted by molar-refractivity contribution is -0.244. The third-order valence-corrected chi connectivity index (χ3v) is 14.3. The number of amides is 4. The van der Waals surface area contributed by atoms with Crippen LogP contribution in [0.1, 0.15) is 79.6 Å². The first-order valence-corrected chi connectivity index (χ1v) is 21.2. The van der Waals surface area contributed by atoms with Gasteiger partial charge in [-0.15, -0.1) is 0 Å². The number of fused-ring (bicyclic) bond motifs is 3. The molecule has 0 radical (unpaired) electrons. The van der Waals surface area contributed by atoms with Gasteiger partial charge in [-0.2, -0.15) is 13.2 Å². The summed E-state index contributed by atoms with van der Waals surface area (Å²) in [5.41, 5.74) is -4.62. The van der Waals surface area contributed by atoms with E-state index in [1.54, 1.807) is 13.0 Å². The lowest BCUT2D eigenvalue weighted by atomic mass is 9.88. The number of pyridine rings is 1. The van der Waals surface area contributed by atoms with Crippen molar-refractivity contribution in [3.8, 4) is 17.4 Å². The zero-order valence-corrected chi connectivity index (χ0v) is 35.2. The summed E-state index contributed by atoms with van der Waals surface area (Å²) in [6.45, 7) is 6.07. The maximum Gasteiger partial charge on any atom is 0.427 e. The molecule has 4 aliphatic rings. The van der Waals surface area contributed by atoms with Crippen molar-refractivity contribution in [2.24, 2.45) is 17.8 Å². The Labute approximate surface area is 345 Å². The SMILES string of the molecule is COc1cc2c(OC)cnc(O[C@@H]3C[C@H]4C(=O)N[C@]5(C(=O)NS(=O)(=O)C6(C)CC6)C[C@H]5C=CCC[C@@H](C)C[C@@H](C)[C@H](NC(=O)OC(C)(C)C(F)(F)F)C(=O)N4C3)c2cc1F. The average Bonchev–Trinajstić information content (AvgIpc) is 4.04. The van der Waals surface area contributed by atoms with E-state index in [1.165, 1.54) is 33.4 Å². The van der Waals surface area contributed by atoms with Gasteiger partial charge in [0.1, 0.15) is 29.5 Å². The fourth-order valence-electron chi connectivity index (χ4n) is 7.80. The zero-order chi connectivity index (χ0) is 44.2. The van der Waals surface area contributed by atoms with Crippen LogP contribution < -0.4 is 29.6 Å². The minimum absolute atomic E-state index is 0.0578. The smallest absolute Gasteiger partial charge is 0.427 e. The Balaban J connectivity index is 1.38. The molecule has 0 unspecified atom stereocenters. The number of sulfonamides is 1. The van der Waals surface area contributed by atoms with Gasteiger partial charge in [0.2, 0.25) is 33.3 Å². The molecule has 2 aromatic rings. The molecule has 2 aliphatic heterocycles. The number of carbonyl (C=O) groups is 4. The van der Waals surface area contributed by atoms with Crippen LogP contribution in [0.25, 0.3) is 10.8 Å². The summed E-state index contributed by atoms with van der Waals surface area (Å²) in [6, 6.07) is -0.407. The first kappa shape index (κ1) is 44.7. The van der Waals surface area contributed by atoms with Gasteiger partial charge >= 0.3 is 12.3 Å². The first-order valence-electron chi connectivity index (χ1n) is 19.7. The second-order valence-electron chi connectivity index (χ2n) is 17.1. The monoisotopic (exact) mass is 869 g/mol. The number of nitrogens with zero attached hydrogens (tertiary/aromatic N) is 2. The number of rotatable bonds is 9. The van der Waals surface area contributed by atoms with Gasteiger partial charge in [-0.1, -0.05) is 26.0 Å². The van der Waals surface area contributed by atoms with Crippen molar-refractivity contribution in [3.05, 3.63) is 36.3 Å². The molecule has 7 atom stereocenters. The summed E-state index contributed by atoms with van der Waals surface area (Å²) in [6.07, 6.45) is -0.638. The van der Waals surface area contributed by atoms with Crippen molar-refractivity contribution in [2.75, 3.05) is 20.8 Å². The summed E-state index contributed by atoms with van der Waals surface area (Å²) in [4.78, 5) is 61.8. The van der Waals surface area contributed by atoms with Crippen LogP contribution in [0.4, 0.5) is 22.4 Å². The quantitative estimate of drug-likeness (QED) is 0.226. The van der Waals surface area contributed by atoms with Gasteiger partial charge < -0.3 is 34.5 Å². The number of alkyl halides is 3. The van der Waals surface area contributed by atoms with Crippen LogP contribution in [-0.2, 0) is 29.1 Å². The molecule has 0 spiro atoms. The Hall–Kier alpha value is -4.88. The number of halogens is 4. The average molecular weight is 870 g/mol. The highest BCUT2D eigenvalue weighted by molar-refractivity contribution is 7.91. The van der Waals surface area contributed by atoms with E-state index in [4.69, 9.17) is 18.9 Å². The minimum atomic E-state index is -4.95. The van der Waals surface area contributed by atoms with E-state index in [9.17, 15) is 40.8 Å². The van der Waals surface area contributed by atoms with Gasteiger partial charge in [-0.3, -0.25) is 19.1 Å². The lowest BCUT2D eigenvalue weighted by Crippen LogP contribution is -2.59. The number of allylic oxidation sites excluding steroid dienone is 1. The second-order valence-corrected chi connectivity index (χ2v) is 19.3. The number of alkyl carbamates (subject to hydrolysis) is 1. The molecule has 20 heteroatoms. The molecule has 3 heterocycles. The topological polar surface area (TPSA) is 192 Å². The molecular weight excluding hydrogens is 819 g/mol. The number of benzene rings is 1.